The van der Waals surface area contributed by atoms with E-state index in [9.17, 15) is 13.2 Å². The zero-order valence-electron chi connectivity index (χ0n) is 16.9. The fraction of sp³-hybridized carbons (Fsp3) is 0.875. The van der Waals surface area contributed by atoms with Crippen LogP contribution in [0.2, 0.25) is 0 Å². The second-order valence-electron chi connectivity index (χ2n) is 6.78. The van der Waals surface area contributed by atoms with Crippen LogP contribution in [0.5, 0.6) is 0 Å². The lowest BCUT2D eigenvalue weighted by Crippen LogP contribution is -2.40. The molecule has 0 atom stereocenters. The Labute approximate surface area is 158 Å². The summed E-state index contributed by atoms with van der Waals surface area (Å²) < 4.78 is 29.8. The quantitative estimate of drug-likeness (QED) is 0.287. The Hall–Kier alpha value is -1.55. The second kappa shape index (κ2) is 11.9. The lowest BCUT2D eigenvalue weighted by Gasteiger charge is -2.19. The van der Waals surface area contributed by atoms with E-state index < -0.39 is 21.7 Å². The van der Waals surface area contributed by atoms with Crippen molar-refractivity contribution in [2.45, 2.75) is 46.1 Å². The number of nitrogens with one attached hydrogen (secondary N) is 3. The van der Waals surface area contributed by atoms with Crippen LogP contribution in [0.3, 0.4) is 0 Å². The van der Waals surface area contributed by atoms with Crippen LogP contribution in [0.15, 0.2) is 4.99 Å². The van der Waals surface area contributed by atoms with E-state index in [-0.39, 0.29) is 5.75 Å². The van der Waals surface area contributed by atoms with Crippen molar-refractivity contribution in [2.75, 3.05) is 46.0 Å². The van der Waals surface area contributed by atoms with E-state index in [0.717, 1.165) is 6.42 Å². The minimum Gasteiger partial charge on any atom is -0.444 e. The first kappa shape index (κ1) is 24.5. The SMILES string of the molecule is CCS(=O)(=O)N(C)CCCNC(=NC)NCCCNC(=O)OC(C)(C)C. The van der Waals surface area contributed by atoms with Gasteiger partial charge in [0.2, 0.25) is 10.0 Å². The summed E-state index contributed by atoms with van der Waals surface area (Å²) in [6.45, 7) is 9.29. The minimum absolute atomic E-state index is 0.109. The molecule has 0 heterocycles. The van der Waals surface area contributed by atoms with E-state index in [1.165, 1.54) is 4.31 Å². The molecule has 3 N–H and O–H groups in total. The predicted molar refractivity (Wildman–Crippen MR) is 105 cm³/mol. The summed E-state index contributed by atoms with van der Waals surface area (Å²) in [5, 5.41) is 8.96. The number of aliphatic imine (C=N–C) groups is 1. The summed E-state index contributed by atoms with van der Waals surface area (Å²) in [5.41, 5.74) is -0.501. The second-order valence-corrected chi connectivity index (χ2v) is 9.15. The number of alkyl carbamates (subject to hydrolysis) is 1. The number of guanidine groups is 1. The van der Waals surface area contributed by atoms with Gasteiger partial charge in [-0.1, -0.05) is 0 Å². The first-order valence-corrected chi connectivity index (χ1v) is 10.5. The Bertz CT molecular complexity index is 543. The van der Waals surface area contributed by atoms with Gasteiger partial charge in [0.05, 0.1) is 5.75 Å². The van der Waals surface area contributed by atoms with Gasteiger partial charge in [0.25, 0.3) is 0 Å². The van der Waals surface area contributed by atoms with E-state index in [2.05, 4.69) is 20.9 Å². The van der Waals surface area contributed by atoms with Gasteiger partial charge in [-0.15, -0.1) is 0 Å². The molecule has 0 unspecified atom stereocenters. The maximum atomic E-state index is 11.6. The Morgan fingerprint density at radius 1 is 1.08 bits per heavy atom. The van der Waals surface area contributed by atoms with Crippen molar-refractivity contribution < 1.29 is 17.9 Å². The summed E-state index contributed by atoms with van der Waals surface area (Å²) in [6.07, 6.45) is 0.972. The van der Waals surface area contributed by atoms with Crippen molar-refractivity contribution in [1.29, 1.82) is 0 Å². The highest BCUT2D eigenvalue weighted by molar-refractivity contribution is 7.89. The van der Waals surface area contributed by atoms with Gasteiger partial charge >= 0.3 is 6.09 Å². The Kier molecular flexibility index (Phi) is 11.2. The van der Waals surface area contributed by atoms with E-state index in [0.29, 0.717) is 38.6 Å². The number of carbonyl (C=O) groups is 1. The van der Waals surface area contributed by atoms with Crippen molar-refractivity contribution in [1.82, 2.24) is 20.3 Å². The molecule has 0 aromatic rings. The molecule has 0 aromatic heterocycles. The molecule has 0 spiro atoms. The maximum absolute atomic E-state index is 11.6. The number of hydrogen-bond acceptors (Lipinski definition) is 5. The normalized spacial score (nSPS) is 12.8. The molecule has 0 saturated carbocycles. The third-order valence-electron chi connectivity index (χ3n) is 3.32. The summed E-state index contributed by atoms with van der Waals surface area (Å²) in [6, 6.07) is 0. The number of amides is 1. The number of ether oxygens (including phenoxy) is 1. The zero-order valence-corrected chi connectivity index (χ0v) is 17.7. The Morgan fingerprint density at radius 2 is 1.62 bits per heavy atom. The third-order valence-corrected chi connectivity index (χ3v) is 5.18. The summed E-state index contributed by atoms with van der Waals surface area (Å²) in [5.74, 6) is 0.751. The van der Waals surface area contributed by atoms with Gasteiger partial charge in [0.15, 0.2) is 5.96 Å². The van der Waals surface area contributed by atoms with E-state index in [1.807, 2.05) is 20.8 Å². The molecular weight excluding hydrogens is 358 g/mol. The average Bonchev–Trinajstić information content (AvgIpc) is 2.54. The van der Waals surface area contributed by atoms with Crippen LogP contribution >= 0.6 is 0 Å². The molecular formula is C16H35N5O4S. The van der Waals surface area contributed by atoms with Crippen LogP contribution in [0.1, 0.15) is 40.5 Å². The number of sulfonamides is 1. The summed E-state index contributed by atoms with van der Waals surface area (Å²) >= 11 is 0. The van der Waals surface area contributed by atoms with Gasteiger partial charge in [-0.3, -0.25) is 4.99 Å². The van der Waals surface area contributed by atoms with Gasteiger partial charge in [-0.25, -0.2) is 17.5 Å². The molecule has 0 saturated heterocycles. The molecule has 1 amide bonds. The van der Waals surface area contributed by atoms with Gasteiger partial charge in [0, 0.05) is 40.3 Å². The zero-order chi connectivity index (χ0) is 20.2. The Morgan fingerprint density at radius 3 is 2.12 bits per heavy atom. The molecule has 0 bridgehead atoms. The molecule has 0 aromatic carbocycles. The molecule has 0 radical (unpaired) electrons. The highest BCUT2D eigenvalue weighted by Gasteiger charge is 2.15. The summed E-state index contributed by atoms with van der Waals surface area (Å²) in [4.78, 5) is 15.6. The van der Waals surface area contributed by atoms with Crippen molar-refractivity contribution in [2.24, 2.45) is 4.99 Å². The molecule has 154 valence electrons. The van der Waals surface area contributed by atoms with Crippen molar-refractivity contribution >= 4 is 22.1 Å². The smallest absolute Gasteiger partial charge is 0.407 e. The lowest BCUT2D eigenvalue weighted by molar-refractivity contribution is 0.0527. The summed E-state index contributed by atoms with van der Waals surface area (Å²) in [7, 11) is 0.127. The number of hydrogen-bond donors (Lipinski definition) is 3. The average molecular weight is 394 g/mol. The first-order chi connectivity index (χ1) is 12.0. The Balaban J connectivity index is 3.87. The molecule has 26 heavy (non-hydrogen) atoms. The van der Waals surface area contributed by atoms with E-state index >= 15 is 0 Å². The number of nitrogens with zero attached hydrogens (tertiary/aromatic N) is 2. The van der Waals surface area contributed by atoms with Crippen LogP contribution in [-0.2, 0) is 14.8 Å². The monoisotopic (exact) mass is 393 g/mol. The largest absolute Gasteiger partial charge is 0.444 e. The minimum atomic E-state index is -3.13. The molecule has 10 heteroatoms. The van der Waals surface area contributed by atoms with E-state index in [1.54, 1.807) is 21.0 Å². The molecule has 0 aliphatic rings. The van der Waals surface area contributed by atoms with Gasteiger partial charge in [-0.05, 0) is 40.5 Å². The van der Waals surface area contributed by atoms with Gasteiger partial charge < -0.3 is 20.7 Å². The van der Waals surface area contributed by atoms with Crippen molar-refractivity contribution in [3.63, 3.8) is 0 Å². The molecule has 0 aliphatic heterocycles. The van der Waals surface area contributed by atoms with Crippen LogP contribution in [0.4, 0.5) is 4.79 Å². The maximum Gasteiger partial charge on any atom is 0.407 e. The van der Waals surface area contributed by atoms with E-state index in [4.69, 9.17) is 4.74 Å². The van der Waals surface area contributed by atoms with Gasteiger partial charge in [-0.2, -0.15) is 0 Å². The van der Waals surface area contributed by atoms with Crippen molar-refractivity contribution in [3.8, 4) is 0 Å². The lowest BCUT2D eigenvalue weighted by atomic mass is 10.2. The third kappa shape index (κ3) is 11.9. The van der Waals surface area contributed by atoms with Crippen LogP contribution in [0.25, 0.3) is 0 Å². The molecule has 0 fully saturated rings. The molecule has 9 nitrogen and oxygen atoms in total. The topological polar surface area (TPSA) is 112 Å². The standard InChI is InChI=1S/C16H35N5O4S/c1-7-26(23,24)21(6)13-9-12-19-14(17-5)18-10-8-11-20-15(22)25-16(2,3)4/h7-13H2,1-6H3,(H,20,22)(H2,17,18,19). The van der Waals surface area contributed by atoms with Crippen LogP contribution in [0, 0.1) is 0 Å². The van der Waals surface area contributed by atoms with Crippen molar-refractivity contribution in [3.05, 3.63) is 0 Å². The first-order valence-electron chi connectivity index (χ1n) is 8.87. The van der Waals surface area contributed by atoms with Crippen LogP contribution < -0.4 is 16.0 Å². The molecule has 0 rings (SSSR count). The van der Waals surface area contributed by atoms with Gasteiger partial charge in [0.1, 0.15) is 5.60 Å². The highest BCUT2D eigenvalue weighted by Crippen LogP contribution is 2.06. The number of carbonyl (C=O) groups excluding carboxylic acids is 1. The fourth-order valence-corrected chi connectivity index (χ4v) is 2.74. The molecule has 0 aliphatic carbocycles. The van der Waals surface area contributed by atoms with Crippen LogP contribution in [-0.4, -0.2) is 76.4 Å². The highest BCUT2D eigenvalue weighted by atomic mass is 32.2. The fourth-order valence-electron chi connectivity index (χ4n) is 1.89. The predicted octanol–water partition coefficient (Wildman–Crippen LogP) is 0.738. The number of rotatable bonds is 10.